The van der Waals surface area contributed by atoms with E-state index in [1.54, 1.807) is 24.0 Å². The SMILES string of the molecule is CC1=C[C@]23C(=O)[C@@H](C=C(CO)[C@@H](O)[C@]2(O)[C@H]1OC(=O)N1CCCC1)[C@H]1[C@@H](C[C@H]3C)C1(C)C. The number of Topliss-reactive ketones (excluding diaryl/α,β-unsaturated/α-hetero) is 1. The average molecular weight is 446 g/mol. The molecule has 3 fully saturated rings. The molecule has 0 aromatic rings. The van der Waals surface area contributed by atoms with Crippen LogP contribution in [0.4, 0.5) is 4.79 Å². The third-order valence-corrected chi connectivity index (χ3v) is 9.48. The van der Waals surface area contributed by atoms with Crippen LogP contribution in [0.5, 0.6) is 0 Å². The van der Waals surface area contributed by atoms with Crippen LogP contribution in [0.1, 0.15) is 47.0 Å². The molecule has 7 nitrogen and oxygen atoms in total. The van der Waals surface area contributed by atoms with E-state index in [1.807, 2.05) is 6.92 Å². The molecule has 1 saturated heterocycles. The minimum absolute atomic E-state index is 0.0142. The Hall–Kier alpha value is -1.70. The van der Waals surface area contributed by atoms with Crippen LogP contribution in [0.3, 0.4) is 0 Å². The van der Waals surface area contributed by atoms with E-state index in [9.17, 15) is 24.9 Å². The molecule has 1 aliphatic heterocycles. The second-order valence-corrected chi connectivity index (χ2v) is 11.3. The maximum Gasteiger partial charge on any atom is 0.410 e. The largest absolute Gasteiger partial charge is 0.438 e. The molecule has 32 heavy (non-hydrogen) atoms. The summed E-state index contributed by atoms with van der Waals surface area (Å²) in [5.74, 6) is -0.463. The van der Waals surface area contributed by atoms with Crippen LogP contribution in [0.25, 0.3) is 0 Å². The molecule has 5 aliphatic rings. The first-order chi connectivity index (χ1) is 15.0. The number of likely N-dealkylation sites (tertiary alicyclic amines) is 1. The smallest absolute Gasteiger partial charge is 0.410 e. The molecular formula is C25H35NO6. The second-order valence-electron chi connectivity index (χ2n) is 11.3. The van der Waals surface area contributed by atoms with Gasteiger partial charge >= 0.3 is 6.09 Å². The molecule has 5 rings (SSSR count). The topological polar surface area (TPSA) is 107 Å². The first-order valence-electron chi connectivity index (χ1n) is 11.9. The highest BCUT2D eigenvalue weighted by Crippen LogP contribution is 2.71. The maximum atomic E-state index is 14.2. The molecule has 2 bridgehead atoms. The van der Waals surface area contributed by atoms with Crippen LogP contribution in [0.2, 0.25) is 0 Å². The summed E-state index contributed by atoms with van der Waals surface area (Å²) < 4.78 is 5.85. The molecular weight excluding hydrogens is 410 g/mol. The van der Waals surface area contributed by atoms with Crippen LogP contribution in [0, 0.1) is 34.5 Å². The van der Waals surface area contributed by atoms with Gasteiger partial charge in [0, 0.05) is 19.0 Å². The van der Waals surface area contributed by atoms with Crippen molar-refractivity contribution in [2.45, 2.75) is 64.8 Å². The normalized spacial score (nSPS) is 46.5. The lowest BCUT2D eigenvalue weighted by molar-refractivity contribution is -0.191. The Morgan fingerprint density at radius 2 is 1.94 bits per heavy atom. The minimum Gasteiger partial charge on any atom is -0.438 e. The molecule has 176 valence electrons. The highest BCUT2D eigenvalue weighted by Gasteiger charge is 2.76. The number of nitrogens with zero attached hydrogens (tertiary/aromatic N) is 1. The fourth-order valence-corrected chi connectivity index (χ4v) is 7.67. The van der Waals surface area contributed by atoms with Crippen molar-refractivity contribution in [2.75, 3.05) is 19.7 Å². The van der Waals surface area contributed by atoms with E-state index in [0.29, 0.717) is 24.6 Å². The quantitative estimate of drug-likeness (QED) is 0.562. The highest BCUT2D eigenvalue weighted by molar-refractivity contribution is 5.95. The van der Waals surface area contributed by atoms with E-state index in [0.717, 1.165) is 19.3 Å². The van der Waals surface area contributed by atoms with Crippen molar-refractivity contribution < 1.29 is 29.6 Å². The van der Waals surface area contributed by atoms with E-state index in [-0.39, 0.29) is 28.6 Å². The Morgan fingerprint density at radius 3 is 2.56 bits per heavy atom. The van der Waals surface area contributed by atoms with Crippen LogP contribution in [-0.2, 0) is 9.53 Å². The van der Waals surface area contributed by atoms with Gasteiger partial charge in [0.25, 0.3) is 0 Å². The summed E-state index contributed by atoms with van der Waals surface area (Å²) in [5, 5.41) is 33.9. The van der Waals surface area contributed by atoms with Gasteiger partial charge in [-0.1, -0.05) is 32.9 Å². The minimum atomic E-state index is -2.06. The summed E-state index contributed by atoms with van der Waals surface area (Å²) >= 11 is 0. The van der Waals surface area contributed by atoms with Gasteiger partial charge in [0.2, 0.25) is 0 Å². The van der Waals surface area contributed by atoms with Gasteiger partial charge in [-0.05, 0) is 60.5 Å². The highest BCUT2D eigenvalue weighted by atomic mass is 16.6. The summed E-state index contributed by atoms with van der Waals surface area (Å²) in [4.78, 5) is 28.7. The molecule has 7 heteroatoms. The zero-order chi connectivity index (χ0) is 23.2. The summed E-state index contributed by atoms with van der Waals surface area (Å²) in [6.45, 7) is 8.76. The van der Waals surface area contributed by atoms with E-state index < -0.39 is 41.8 Å². The van der Waals surface area contributed by atoms with E-state index in [4.69, 9.17) is 4.74 Å². The van der Waals surface area contributed by atoms with Crippen LogP contribution in [0.15, 0.2) is 23.3 Å². The molecule has 4 aliphatic carbocycles. The Balaban J connectivity index is 1.63. The zero-order valence-corrected chi connectivity index (χ0v) is 19.4. The summed E-state index contributed by atoms with van der Waals surface area (Å²) in [6.07, 6.45) is 2.79. The van der Waals surface area contributed by atoms with Gasteiger partial charge in [0.1, 0.15) is 6.10 Å². The molecule has 3 N–H and O–H groups in total. The predicted octanol–water partition coefficient (Wildman–Crippen LogP) is 2.06. The molecule has 0 aromatic carbocycles. The molecule has 0 radical (unpaired) electrons. The number of carbonyl (C=O) groups excluding carboxylic acids is 2. The Kier molecular flexibility index (Phi) is 4.77. The number of amides is 1. The molecule has 0 aromatic heterocycles. The Labute approximate surface area is 189 Å². The molecule has 1 spiro atoms. The van der Waals surface area contributed by atoms with Gasteiger partial charge in [0.15, 0.2) is 17.5 Å². The van der Waals surface area contributed by atoms with Gasteiger partial charge in [0.05, 0.1) is 12.0 Å². The van der Waals surface area contributed by atoms with E-state index in [1.165, 1.54) is 0 Å². The number of rotatable bonds is 2. The van der Waals surface area contributed by atoms with Gasteiger partial charge in [-0.25, -0.2) is 4.79 Å². The van der Waals surface area contributed by atoms with Crippen LogP contribution >= 0.6 is 0 Å². The number of ketones is 1. The number of carbonyl (C=O) groups is 2. The van der Waals surface area contributed by atoms with Gasteiger partial charge in [-0.2, -0.15) is 0 Å². The zero-order valence-electron chi connectivity index (χ0n) is 19.4. The van der Waals surface area contributed by atoms with Crippen molar-refractivity contribution in [3.05, 3.63) is 23.3 Å². The first-order valence-corrected chi connectivity index (χ1v) is 11.9. The van der Waals surface area contributed by atoms with Gasteiger partial charge < -0.3 is 25.0 Å². The molecule has 0 unspecified atom stereocenters. The van der Waals surface area contributed by atoms with Crippen molar-refractivity contribution in [3.8, 4) is 0 Å². The lowest BCUT2D eigenvalue weighted by atomic mass is 9.59. The van der Waals surface area contributed by atoms with Gasteiger partial charge in [-0.15, -0.1) is 0 Å². The standard InChI is InChI=1S/C25H35NO6/c1-13-11-24-14(2)9-17-18(23(17,3)4)16(20(24)29)10-15(12-27)19(28)25(24,31)21(13)32-22(30)26-7-5-6-8-26/h10-11,14,16-19,21,27-28,31H,5-9,12H2,1-4H3/t14-,16+,17-,18+,19-,21+,24+,25+/m1/s1. The van der Waals surface area contributed by atoms with Crippen LogP contribution < -0.4 is 0 Å². The van der Waals surface area contributed by atoms with Crippen molar-refractivity contribution in [1.29, 1.82) is 0 Å². The monoisotopic (exact) mass is 445 g/mol. The fourth-order valence-electron chi connectivity index (χ4n) is 7.67. The van der Waals surface area contributed by atoms with Crippen LogP contribution in [-0.4, -0.2) is 69.6 Å². The molecule has 8 atom stereocenters. The van der Waals surface area contributed by atoms with Crippen molar-refractivity contribution >= 4 is 11.9 Å². The van der Waals surface area contributed by atoms with E-state index in [2.05, 4.69) is 13.8 Å². The lowest BCUT2D eigenvalue weighted by Gasteiger charge is -2.48. The van der Waals surface area contributed by atoms with Gasteiger partial charge in [-0.3, -0.25) is 4.79 Å². The third-order valence-electron chi connectivity index (χ3n) is 9.48. The first kappa shape index (κ1) is 22.1. The van der Waals surface area contributed by atoms with Crippen molar-refractivity contribution in [3.63, 3.8) is 0 Å². The number of hydrogen-bond acceptors (Lipinski definition) is 6. The summed E-state index contributed by atoms with van der Waals surface area (Å²) in [7, 11) is 0. The summed E-state index contributed by atoms with van der Waals surface area (Å²) in [6, 6.07) is 0. The van der Waals surface area contributed by atoms with Crippen molar-refractivity contribution in [1.82, 2.24) is 4.90 Å². The fraction of sp³-hybridized carbons (Fsp3) is 0.760. The Bertz CT molecular complexity index is 917. The number of aliphatic hydroxyl groups excluding tert-OH is 2. The number of hydrogen-bond donors (Lipinski definition) is 3. The molecule has 1 heterocycles. The molecule has 1 amide bonds. The number of fused-ring (bicyclic) bond motifs is 3. The number of aliphatic hydroxyl groups is 3. The average Bonchev–Trinajstić information content (AvgIpc) is 3.09. The second kappa shape index (κ2) is 6.90. The predicted molar refractivity (Wildman–Crippen MR) is 116 cm³/mol. The maximum absolute atomic E-state index is 14.2. The Morgan fingerprint density at radius 1 is 1.28 bits per heavy atom. The number of allylic oxidation sites excluding steroid dienone is 1. The van der Waals surface area contributed by atoms with Crippen molar-refractivity contribution in [2.24, 2.45) is 34.5 Å². The molecule has 2 saturated carbocycles. The van der Waals surface area contributed by atoms with E-state index >= 15 is 0 Å². The lowest BCUT2D eigenvalue weighted by Crippen LogP contribution is -2.66. The number of ether oxygens (including phenoxy) is 1. The summed E-state index contributed by atoms with van der Waals surface area (Å²) in [5.41, 5.74) is -2.65. The third kappa shape index (κ3) is 2.53.